The Labute approximate surface area is 148 Å². The number of ether oxygens (including phenoxy) is 2. The predicted octanol–water partition coefficient (Wildman–Crippen LogP) is 1.67. The summed E-state index contributed by atoms with van der Waals surface area (Å²) in [6, 6.07) is 0. The Morgan fingerprint density at radius 1 is 1.08 bits per heavy atom. The summed E-state index contributed by atoms with van der Waals surface area (Å²) in [4.78, 5) is 34.1. The molecule has 0 saturated carbocycles. The van der Waals surface area contributed by atoms with Gasteiger partial charge in [0.15, 0.2) is 6.10 Å². The van der Waals surface area contributed by atoms with E-state index in [9.17, 15) is 19.5 Å². The first-order chi connectivity index (χ1) is 12.0. The Morgan fingerprint density at radius 3 is 2.16 bits per heavy atom. The quantitative estimate of drug-likeness (QED) is 0.293. The van der Waals surface area contributed by atoms with Crippen LogP contribution in [0.15, 0.2) is 0 Å². The van der Waals surface area contributed by atoms with E-state index >= 15 is 0 Å². The van der Waals surface area contributed by atoms with Crippen molar-refractivity contribution in [3.05, 3.63) is 0 Å². The van der Waals surface area contributed by atoms with Gasteiger partial charge in [0, 0.05) is 6.42 Å². The second-order valence-corrected chi connectivity index (χ2v) is 6.49. The normalized spacial score (nSPS) is 21.2. The monoisotopic (exact) mass is 358 g/mol. The number of ketones is 1. The van der Waals surface area contributed by atoms with Gasteiger partial charge in [0.1, 0.15) is 12.7 Å². The molecule has 0 aromatic rings. The lowest BCUT2D eigenvalue weighted by Gasteiger charge is -2.15. The van der Waals surface area contributed by atoms with E-state index in [0.717, 1.165) is 19.3 Å². The highest BCUT2D eigenvalue weighted by molar-refractivity contribution is 6.09. The maximum Gasteiger partial charge on any atom is 0.343 e. The van der Waals surface area contributed by atoms with Crippen molar-refractivity contribution in [3.8, 4) is 0 Å². The molecular formula is C18H30O7. The molecule has 3 atom stereocenters. The minimum atomic E-state index is -1.86. The molecule has 0 radical (unpaired) electrons. The van der Waals surface area contributed by atoms with Gasteiger partial charge in [0.05, 0.1) is 0 Å². The van der Waals surface area contributed by atoms with E-state index in [1.807, 2.05) is 0 Å². The lowest BCUT2D eigenvalue weighted by molar-refractivity contribution is -0.156. The number of aliphatic hydroxyl groups excluding tert-OH is 2. The minimum Gasteiger partial charge on any atom is -0.463 e. The number of carbonyl (C=O) groups excluding carboxylic acids is 3. The van der Waals surface area contributed by atoms with Crippen LogP contribution in [0.1, 0.15) is 71.1 Å². The Morgan fingerprint density at radius 2 is 1.64 bits per heavy atom. The molecule has 1 heterocycles. The molecule has 2 N–H and O–H groups in total. The Bertz CT molecular complexity index is 435. The van der Waals surface area contributed by atoms with Crippen molar-refractivity contribution < 1.29 is 34.1 Å². The van der Waals surface area contributed by atoms with Crippen LogP contribution in [0, 0.1) is 0 Å². The molecule has 0 bridgehead atoms. The molecule has 1 rings (SSSR count). The second kappa shape index (κ2) is 12.0. The highest BCUT2D eigenvalue weighted by Gasteiger charge is 2.46. The molecule has 1 aliphatic rings. The van der Waals surface area contributed by atoms with Gasteiger partial charge < -0.3 is 19.7 Å². The zero-order valence-electron chi connectivity index (χ0n) is 14.9. The molecule has 0 aromatic heterocycles. The summed E-state index contributed by atoms with van der Waals surface area (Å²) in [5, 5.41) is 18.9. The first-order valence-electron chi connectivity index (χ1n) is 9.23. The molecule has 7 heteroatoms. The lowest BCUT2D eigenvalue weighted by Crippen LogP contribution is -2.38. The standard InChI is InChI=1S/C18H30O7/c1-2-3-4-5-6-7-8-9-10-11-14(20)24-12-13(19)17-15(21)16(22)18(23)25-17/h13,16-17,19,22H,2-12H2,1H3. The van der Waals surface area contributed by atoms with Crippen molar-refractivity contribution in [2.75, 3.05) is 6.61 Å². The van der Waals surface area contributed by atoms with Crippen molar-refractivity contribution in [1.29, 1.82) is 0 Å². The van der Waals surface area contributed by atoms with Crippen LogP contribution >= 0.6 is 0 Å². The first kappa shape index (κ1) is 21.6. The molecular weight excluding hydrogens is 328 g/mol. The maximum absolute atomic E-state index is 11.6. The van der Waals surface area contributed by atoms with Crippen LogP contribution in [0.25, 0.3) is 0 Å². The highest BCUT2D eigenvalue weighted by atomic mass is 16.6. The third-order valence-corrected chi connectivity index (χ3v) is 4.27. The van der Waals surface area contributed by atoms with E-state index in [1.165, 1.54) is 38.5 Å². The summed E-state index contributed by atoms with van der Waals surface area (Å²) in [5.74, 6) is -2.46. The average Bonchev–Trinajstić information content (AvgIpc) is 2.85. The summed E-state index contributed by atoms with van der Waals surface area (Å²) in [5.41, 5.74) is 0. The van der Waals surface area contributed by atoms with Gasteiger partial charge in [-0.3, -0.25) is 9.59 Å². The molecule has 1 saturated heterocycles. The van der Waals surface area contributed by atoms with Gasteiger partial charge in [-0.2, -0.15) is 0 Å². The molecule has 0 aliphatic carbocycles. The van der Waals surface area contributed by atoms with Crippen LogP contribution in [-0.4, -0.2) is 52.9 Å². The number of hydrogen-bond acceptors (Lipinski definition) is 7. The number of Topliss-reactive ketones (excluding diaryl/α,β-unsaturated/α-hetero) is 1. The van der Waals surface area contributed by atoms with E-state index in [1.54, 1.807) is 0 Å². The molecule has 144 valence electrons. The summed E-state index contributed by atoms with van der Waals surface area (Å²) >= 11 is 0. The lowest BCUT2D eigenvalue weighted by atomic mass is 10.1. The minimum absolute atomic E-state index is 0.254. The van der Waals surface area contributed by atoms with Gasteiger partial charge in [0.25, 0.3) is 0 Å². The summed E-state index contributed by atoms with van der Waals surface area (Å²) in [7, 11) is 0. The molecule has 0 aromatic carbocycles. The number of carbonyl (C=O) groups is 3. The van der Waals surface area contributed by atoms with Crippen molar-refractivity contribution in [2.24, 2.45) is 0 Å². The zero-order chi connectivity index (χ0) is 18.7. The molecule has 0 amide bonds. The van der Waals surface area contributed by atoms with Gasteiger partial charge >= 0.3 is 11.9 Å². The van der Waals surface area contributed by atoms with Gasteiger partial charge in [0.2, 0.25) is 11.9 Å². The zero-order valence-corrected chi connectivity index (χ0v) is 14.9. The first-order valence-corrected chi connectivity index (χ1v) is 9.23. The fourth-order valence-corrected chi connectivity index (χ4v) is 2.71. The summed E-state index contributed by atoms with van der Waals surface area (Å²) in [6.07, 6.45) is 5.74. The van der Waals surface area contributed by atoms with Crippen LogP contribution in [0.5, 0.6) is 0 Å². The van der Waals surface area contributed by atoms with Gasteiger partial charge in [-0.1, -0.05) is 58.3 Å². The van der Waals surface area contributed by atoms with E-state index in [-0.39, 0.29) is 6.42 Å². The van der Waals surface area contributed by atoms with Crippen molar-refractivity contribution in [2.45, 2.75) is 89.4 Å². The smallest absolute Gasteiger partial charge is 0.343 e. The topological polar surface area (TPSA) is 110 Å². The van der Waals surface area contributed by atoms with Gasteiger partial charge in [-0.25, -0.2) is 4.79 Å². The number of aliphatic hydroxyl groups is 2. The van der Waals surface area contributed by atoms with E-state index in [0.29, 0.717) is 0 Å². The maximum atomic E-state index is 11.6. The number of cyclic esters (lactones) is 1. The molecule has 7 nitrogen and oxygen atoms in total. The van der Waals surface area contributed by atoms with Gasteiger partial charge in [-0.15, -0.1) is 0 Å². The average molecular weight is 358 g/mol. The second-order valence-electron chi connectivity index (χ2n) is 6.49. The highest BCUT2D eigenvalue weighted by Crippen LogP contribution is 2.15. The van der Waals surface area contributed by atoms with Crippen molar-refractivity contribution >= 4 is 17.7 Å². The predicted molar refractivity (Wildman–Crippen MR) is 89.7 cm³/mol. The molecule has 3 unspecified atom stereocenters. The Balaban J connectivity index is 2.03. The summed E-state index contributed by atoms with van der Waals surface area (Å²) in [6.45, 7) is 1.76. The third kappa shape index (κ3) is 7.96. The summed E-state index contributed by atoms with van der Waals surface area (Å²) < 4.78 is 9.45. The number of rotatable bonds is 13. The molecule has 25 heavy (non-hydrogen) atoms. The van der Waals surface area contributed by atoms with E-state index in [2.05, 4.69) is 11.7 Å². The van der Waals surface area contributed by atoms with Crippen molar-refractivity contribution in [1.82, 2.24) is 0 Å². The van der Waals surface area contributed by atoms with E-state index in [4.69, 9.17) is 9.84 Å². The fourth-order valence-electron chi connectivity index (χ4n) is 2.71. The SMILES string of the molecule is CCCCCCCCCCCC(=O)OCC(O)C1OC(=O)C(O)C1=O. The van der Waals surface area contributed by atoms with Crippen LogP contribution in [0.2, 0.25) is 0 Å². The van der Waals surface area contributed by atoms with Crippen LogP contribution in [0.3, 0.4) is 0 Å². The van der Waals surface area contributed by atoms with Crippen LogP contribution < -0.4 is 0 Å². The molecule has 0 spiro atoms. The Hall–Kier alpha value is -1.47. The number of hydrogen-bond donors (Lipinski definition) is 2. The number of unbranched alkanes of at least 4 members (excludes halogenated alkanes) is 8. The van der Waals surface area contributed by atoms with Crippen LogP contribution in [0.4, 0.5) is 0 Å². The van der Waals surface area contributed by atoms with E-state index < -0.39 is 42.6 Å². The number of esters is 2. The fraction of sp³-hybridized carbons (Fsp3) is 0.833. The Kier molecular flexibility index (Phi) is 10.3. The largest absolute Gasteiger partial charge is 0.463 e. The van der Waals surface area contributed by atoms with Crippen molar-refractivity contribution in [3.63, 3.8) is 0 Å². The van der Waals surface area contributed by atoms with Crippen LogP contribution in [-0.2, 0) is 23.9 Å². The van der Waals surface area contributed by atoms with Gasteiger partial charge in [-0.05, 0) is 6.42 Å². The molecule has 1 fully saturated rings. The third-order valence-electron chi connectivity index (χ3n) is 4.27. The molecule has 1 aliphatic heterocycles.